The van der Waals surface area contributed by atoms with Crippen molar-refractivity contribution in [3.8, 4) is 11.1 Å². The Labute approximate surface area is 210 Å². The average molecular weight is 510 g/mol. The van der Waals surface area contributed by atoms with Crippen LogP contribution in [0.5, 0.6) is 0 Å². The molecule has 0 radical (unpaired) electrons. The van der Waals surface area contributed by atoms with Crippen molar-refractivity contribution in [1.29, 1.82) is 0 Å². The van der Waals surface area contributed by atoms with Gasteiger partial charge in [0.15, 0.2) is 5.82 Å². The normalized spacial score (nSPS) is 14.4. The number of rotatable bonds is 5. The molecule has 1 aromatic carbocycles. The van der Waals surface area contributed by atoms with E-state index >= 15 is 0 Å². The number of H-pyrrole nitrogens is 1. The number of hydrogen-bond donors (Lipinski definition) is 3. The first kappa shape index (κ1) is 25.6. The summed E-state index contributed by atoms with van der Waals surface area (Å²) >= 11 is 0. The van der Waals surface area contributed by atoms with Crippen LogP contribution in [0.2, 0.25) is 0 Å². The summed E-state index contributed by atoms with van der Waals surface area (Å²) in [4.78, 5) is 35.9. The molecule has 3 aromatic heterocycles. The quantitative estimate of drug-likeness (QED) is 0.338. The van der Waals surface area contributed by atoms with Gasteiger partial charge in [-0.3, -0.25) is 14.7 Å². The average Bonchev–Trinajstić information content (AvgIpc) is 3.50. The topological polar surface area (TPSA) is 137 Å². The molecule has 0 bridgehead atoms. The third kappa shape index (κ3) is 5.68. The van der Waals surface area contributed by atoms with Crippen molar-refractivity contribution in [3.05, 3.63) is 60.4 Å². The van der Waals surface area contributed by atoms with E-state index in [1.54, 1.807) is 18.5 Å². The van der Waals surface area contributed by atoms with E-state index in [0.29, 0.717) is 22.9 Å². The van der Waals surface area contributed by atoms with Crippen LogP contribution in [-0.4, -0.2) is 61.6 Å². The monoisotopic (exact) mass is 509 g/mol. The fourth-order valence-corrected chi connectivity index (χ4v) is 4.02. The molecule has 1 saturated heterocycles. The summed E-state index contributed by atoms with van der Waals surface area (Å²) in [6.45, 7) is 3.36. The van der Waals surface area contributed by atoms with Crippen molar-refractivity contribution in [2.75, 3.05) is 23.3 Å². The van der Waals surface area contributed by atoms with Gasteiger partial charge in [0.2, 0.25) is 0 Å². The van der Waals surface area contributed by atoms with Gasteiger partial charge in [-0.1, -0.05) is 19.9 Å². The summed E-state index contributed by atoms with van der Waals surface area (Å²) in [6, 6.07) is 7.44. The van der Waals surface area contributed by atoms with Crippen LogP contribution in [0.25, 0.3) is 22.0 Å². The molecule has 3 N–H and O–H groups in total. The number of benzene rings is 1. The van der Waals surface area contributed by atoms with Crippen LogP contribution in [0.3, 0.4) is 0 Å². The van der Waals surface area contributed by atoms with Crippen molar-refractivity contribution in [2.45, 2.75) is 32.1 Å². The molecule has 0 spiro atoms. The summed E-state index contributed by atoms with van der Waals surface area (Å²) in [5.74, 6) is -2.19. The predicted octanol–water partition coefficient (Wildman–Crippen LogP) is 4.34. The molecule has 4 aromatic rings. The van der Waals surface area contributed by atoms with Crippen LogP contribution < -0.4 is 10.2 Å². The number of amides is 1. The van der Waals surface area contributed by atoms with Gasteiger partial charge in [0.25, 0.3) is 18.3 Å². The number of fused-ring (bicyclic) bond motifs is 1. The van der Waals surface area contributed by atoms with Gasteiger partial charge in [-0.15, -0.1) is 0 Å². The number of nitrogens with zero attached hydrogens (tertiary/aromatic N) is 5. The third-order valence-corrected chi connectivity index (χ3v) is 5.84. The van der Waals surface area contributed by atoms with Gasteiger partial charge in [-0.2, -0.15) is 5.10 Å². The number of nitrogens with one attached hydrogen (secondary N) is 2. The summed E-state index contributed by atoms with van der Waals surface area (Å²) < 4.78 is 28.0. The van der Waals surface area contributed by atoms with E-state index in [1.807, 2.05) is 32.0 Å². The highest BCUT2D eigenvalue weighted by atomic mass is 19.3. The van der Waals surface area contributed by atoms with E-state index in [9.17, 15) is 13.6 Å². The van der Waals surface area contributed by atoms with Gasteiger partial charge in [0.05, 0.1) is 29.5 Å². The molecule has 37 heavy (non-hydrogen) atoms. The van der Waals surface area contributed by atoms with Crippen LogP contribution in [0, 0.1) is 0 Å². The molecule has 0 unspecified atom stereocenters. The summed E-state index contributed by atoms with van der Waals surface area (Å²) in [7, 11) is 0. The van der Waals surface area contributed by atoms with E-state index < -0.39 is 18.4 Å². The highest BCUT2D eigenvalue weighted by Gasteiger charge is 2.40. The first-order chi connectivity index (χ1) is 17.7. The lowest BCUT2D eigenvalue weighted by Crippen LogP contribution is -2.27. The number of aromatic amines is 1. The molecular formula is C25H25F2N7O3. The van der Waals surface area contributed by atoms with Crippen LogP contribution in [0.15, 0.2) is 49.1 Å². The zero-order valence-electron chi connectivity index (χ0n) is 20.2. The van der Waals surface area contributed by atoms with Gasteiger partial charge in [-0.05, 0) is 23.8 Å². The maximum absolute atomic E-state index is 14.0. The van der Waals surface area contributed by atoms with Gasteiger partial charge >= 0.3 is 0 Å². The van der Waals surface area contributed by atoms with E-state index in [1.165, 1.54) is 17.3 Å². The number of halogens is 2. The minimum absolute atomic E-state index is 0.128. The lowest BCUT2D eigenvalue weighted by Gasteiger charge is -2.23. The maximum Gasteiger partial charge on any atom is 0.290 e. The molecule has 0 saturated carbocycles. The Hall–Kier alpha value is -4.48. The van der Waals surface area contributed by atoms with Crippen molar-refractivity contribution in [1.82, 2.24) is 25.1 Å². The molecule has 1 fully saturated rings. The smallest absolute Gasteiger partial charge is 0.290 e. The zero-order valence-corrected chi connectivity index (χ0v) is 20.2. The standard InChI is InChI=1S/C24H23F2N7O.CH2O2/c1-14(2)21-28-10-17(11-29-21)23(34)31-20-18(15-3-4-19-16(9-15)12-30-32-19)5-7-27-22(20)33-8-6-24(25,26)13-33;2-1-3/h3-5,7,9-12,14H,6,8,13H2,1-2H3,(H,30,32)(H,31,34);1H,(H,2,3). The predicted molar refractivity (Wildman–Crippen MR) is 134 cm³/mol. The fraction of sp³-hybridized carbons (Fsp3) is 0.280. The zero-order chi connectivity index (χ0) is 26.6. The molecule has 5 rings (SSSR count). The highest BCUT2D eigenvalue weighted by Crippen LogP contribution is 2.39. The van der Waals surface area contributed by atoms with E-state index in [4.69, 9.17) is 9.90 Å². The Morgan fingerprint density at radius 3 is 2.57 bits per heavy atom. The molecule has 4 heterocycles. The number of hydrogen-bond acceptors (Lipinski definition) is 7. The minimum atomic E-state index is -2.81. The number of aromatic nitrogens is 5. The third-order valence-electron chi connectivity index (χ3n) is 5.84. The second kappa shape index (κ2) is 10.6. The molecular weight excluding hydrogens is 484 g/mol. The Morgan fingerprint density at radius 2 is 1.92 bits per heavy atom. The largest absolute Gasteiger partial charge is 0.483 e. The lowest BCUT2D eigenvalue weighted by atomic mass is 10.0. The van der Waals surface area contributed by atoms with Crippen molar-refractivity contribution in [2.24, 2.45) is 0 Å². The number of carbonyl (C=O) groups is 2. The molecule has 0 aliphatic carbocycles. The summed E-state index contributed by atoms with van der Waals surface area (Å²) in [5.41, 5.74) is 2.95. The Kier molecular flexibility index (Phi) is 7.37. The van der Waals surface area contributed by atoms with Crippen LogP contribution in [0.1, 0.15) is 42.4 Å². The van der Waals surface area contributed by atoms with Crippen molar-refractivity contribution < 1.29 is 23.5 Å². The van der Waals surface area contributed by atoms with Crippen LogP contribution in [0.4, 0.5) is 20.3 Å². The lowest BCUT2D eigenvalue weighted by molar-refractivity contribution is -0.122. The summed E-state index contributed by atoms with van der Waals surface area (Å²) in [5, 5.41) is 17.6. The molecule has 1 amide bonds. The Bertz CT molecular complexity index is 1410. The molecule has 1 aliphatic heterocycles. The van der Waals surface area contributed by atoms with Crippen LogP contribution in [-0.2, 0) is 4.79 Å². The number of alkyl halides is 2. The number of carbonyl (C=O) groups excluding carboxylic acids is 1. The van der Waals surface area contributed by atoms with E-state index in [-0.39, 0.29) is 30.9 Å². The van der Waals surface area contributed by atoms with Gasteiger partial charge in [-0.25, -0.2) is 23.7 Å². The van der Waals surface area contributed by atoms with Crippen molar-refractivity contribution in [3.63, 3.8) is 0 Å². The molecule has 192 valence electrons. The minimum Gasteiger partial charge on any atom is -0.483 e. The number of pyridine rings is 1. The second-order valence-corrected chi connectivity index (χ2v) is 8.80. The molecule has 0 atom stereocenters. The Morgan fingerprint density at radius 1 is 1.19 bits per heavy atom. The summed E-state index contributed by atoms with van der Waals surface area (Å²) in [6.07, 6.45) is 5.94. The second-order valence-electron chi connectivity index (χ2n) is 8.80. The van der Waals surface area contributed by atoms with Crippen LogP contribution >= 0.6 is 0 Å². The number of anilines is 2. The highest BCUT2D eigenvalue weighted by molar-refractivity contribution is 6.08. The van der Waals surface area contributed by atoms with Gasteiger partial charge < -0.3 is 15.3 Å². The van der Waals surface area contributed by atoms with E-state index in [2.05, 4.69) is 30.5 Å². The van der Waals surface area contributed by atoms with Gasteiger partial charge in [0, 0.05) is 48.4 Å². The molecule has 1 aliphatic rings. The maximum atomic E-state index is 14.0. The molecule has 10 nitrogen and oxygen atoms in total. The van der Waals surface area contributed by atoms with Gasteiger partial charge in [0.1, 0.15) is 5.82 Å². The molecule has 12 heteroatoms. The van der Waals surface area contributed by atoms with E-state index in [0.717, 1.165) is 16.5 Å². The fourth-order valence-electron chi connectivity index (χ4n) is 4.02. The van der Waals surface area contributed by atoms with Crippen molar-refractivity contribution >= 4 is 34.8 Å². The first-order valence-electron chi connectivity index (χ1n) is 11.5. The SMILES string of the molecule is CC(C)c1ncc(C(=O)Nc2c(-c3ccc4[nH]ncc4c3)ccnc2N2CCC(F)(F)C2)cn1.O=CO. The Balaban J connectivity index is 0.00000102. The first-order valence-corrected chi connectivity index (χ1v) is 11.5. The number of carboxylic acid groups (broad SMARTS) is 1.